The first-order valence-electron chi connectivity index (χ1n) is 7.17. The molecule has 1 aromatic rings. The van der Waals surface area contributed by atoms with E-state index in [0.717, 1.165) is 18.5 Å². The van der Waals surface area contributed by atoms with Crippen LogP contribution in [0.3, 0.4) is 0 Å². The highest BCUT2D eigenvalue weighted by Gasteiger charge is 2.28. The van der Waals surface area contributed by atoms with Gasteiger partial charge in [-0.05, 0) is 39.8 Å². The van der Waals surface area contributed by atoms with Gasteiger partial charge in [-0.1, -0.05) is 13.0 Å². The lowest BCUT2D eigenvalue weighted by Crippen LogP contribution is -2.31. The lowest BCUT2D eigenvalue weighted by Gasteiger charge is -2.23. The molecule has 0 aliphatic heterocycles. The largest absolute Gasteiger partial charge is 0.492 e. The van der Waals surface area contributed by atoms with Crippen molar-refractivity contribution in [2.45, 2.75) is 40.2 Å². The van der Waals surface area contributed by atoms with Crippen LogP contribution in [0.2, 0.25) is 0 Å². The Morgan fingerprint density at radius 1 is 1.48 bits per heavy atom. The highest BCUT2D eigenvalue weighted by Crippen LogP contribution is 2.28. The minimum Gasteiger partial charge on any atom is -0.492 e. The third kappa shape index (κ3) is 5.01. The lowest BCUT2D eigenvalue weighted by atomic mass is 9.95. The Morgan fingerprint density at radius 3 is 2.71 bits per heavy atom. The number of ether oxygens (including phenoxy) is 1. The summed E-state index contributed by atoms with van der Waals surface area (Å²) < 4.78 is 19.0. The molecule has 118 valence electrons. The zero-order chi connectivity index (χ0) is 16.0. The number of carbonyl (C=O) groups is 1. The summed E-state index contributed by atoms with van der Waals surface area (Å²) in [5.74, 6) is -0.956. The van der Waals surface area contributed by atoms with Gasteiger partial charge in [-0.25, -0.2) is 4.39 Å². The van der Waals surface area contributed by atoms with Gasteiger partial charge >= 0.3 is 5.97 Å². The van der Waals surface area contributed by atoms with Crippen LogP contribution in [0.1, 0.15) is 45.7 Å². The third-order valence-corrected chi connectivity index (χ3v) is 3.31. The molecule has 4 nitrogen and oxygen atoms in total. The number of nitrogens with one attached hydrogen (secondary N) is 1. The van der Waals surface area contributed by atoms with Gasteiger partial charge in [-0.2, -0.15) is 0 Å². The molecule has 1 unspecified atom stereocenters. The predicted molar refractivity (Wildman–Crippen MR) is 80.0 cm³/mol. The Labute approximate surface area is 125 Å². The van der Waals surface area contributed by atoms with Gasteiger partial charge in [0.15, 0.2) is 0 Å². The van der Waals surface area contributed by atoms with Crippen LogP contribution in [0.4, 0.5) is 4.39 Å². The summed E-state index contributed by atoms with van der Waals surface area (Å²) in [5, 5.41) is 12.4. The maximum Gasteiger partial charge on any atom is 0.312 e. The molecule has 0 saturated carbocycles. The molecule has 0 spiro atoms. The number of halogens is 1. The summed E-state index contributed by atoms with van der Waals surface area (Å²) in [4.78, 5) is 11.1. The second-order valence-corrected chi connectivity index (χ2v) is 5.84. The number of aliphatic carboxylic acids is 1. The normalized spacial score (nSPS) is 13.0. The summed E-state index contributed by atoms with van der Waals surface area (Å²) in [7, 11) is 0. The molecule has 0 amide bonds. The Bertz CT molecular complexity index is 488. The second kappa shape index (κ2) is 7.41. The van der Waals surface area contributed by atoms with Crippen molar-refractivity contribution < 1.29 is 19.0 Å². The quantitative estimate of drug-likeness (QED) is 0.772. The smallest absolute Gasteiger partial charge is 0.312 e. The van der Waals surface area contributed by atoms with Gasteiger partial charge in [0.2, 0.25) is 0 Å². The molecule has 0 aromatic heterocycles. The molecule has 0 aliphatic rings. The molecular formula is C16H24FNO3. The summed E-state index contributed by atoms with van der Waals surface area (Å²) in [6.07, 6.45) is 0.994. The van der Waals surface area contributed by atoms with Gasteiger partial charge in [-0.3, -0.25) is 4.79 Å². The Hall–Kier alpha value is -1.62. The van der Waals surface area contributed by atoms with E-state index >= 15 is 0 Å². The van der Waals surface area contributed by atoms with Gasteiger partial charge in [-0.15, -0.1) is 0 Å². The molecule has 0 saturated heterocycles. The van der Waals surface area contributed by atoms with Gasteiger partial charge in [0.1, 0.15) is 18.2 Å². The van der Waals surface area contributed by atoms with Crippen molar-refractivity contribution in [3.05, 3.63) is 29.6 Å². The van der Waals surface area contributed by atoms with Crippen molar-refractivity contribution in [3.8, 4) is 5.75 Å². The molecule has 0 radical (unpaired) electrons. The first-order valence-corrected chi connectivity index (χ1v) is 7.17. The topological polar surface area (TPSA) is 58.6 Å². The summed E-state index contributed by atoms with van der Waals surface area (Å²) in [6, 6.07) is 4.37. The van der Waals surface area contributed by atoms with Crippen molar-refractivity contribution >= 4 is 5.97 Å². The van der Waals surface area contributed by atoms with Crippen LogP contribution in [-0.4, -0.2) is 24.2 Å². The van der Waals surface area contributed by atoms with E-state index in [1.54, 1.807) is 19.9 Å². The molecule has 0 heterocycles. The highest BCUT2D eigenvalue weighted by molar-refractivity contribution is 5.73. The standard InChI is InChI=1S/C16H24FNO3/c1-5-8-18-11(2)13-7-6-12(17)9-14(13)21-10-16(3,4)15(19)20/h6-7,9,11,18H,5,8,10H2,1-4H3,(H,19,20). The fourth-order valence-corrected chi connectivity index (χ4v) is 1.78. The van der Waals surface area contributed by atoms with Crippen LogP contribution >= 0.6 is 0 Å². The molecule has 2 N–H and O–H groups in total. The molecule has 21 heavy (non-hydrogen) atoms. The fourth-order valence-electron chi connectivity index (χ4n) is 1.78. The zero-order valence-electron chi connectivity index (χ0n) is 13.1. The molecular weight excluding hydrogens is 273 g/mol. The summed E-state index contributed by atoms with van der Waals surface area (Å²) in [5.41, 5.74) is -0.199. The van der Waals surface area contributed by atoms with Crippen molar-refractivity contribution in [2.24, 2.45) is 5.41 Å². The van der Waals surface area contributed by atoms with Crippen LogP contribution in [0.25, 0.3) is 0 Å². The molecule has 0 aliphatic carbocycles. The molecule has 0 bridgehead atoms. The van der Waals surface area contributed by atoms with E-state index in [2.05, 4.69) is 12.2 Å². The van der Waals surface area contributed by atoms with E-state index < -0.39 is 17.2 Å². The zero-order valence-corrected chi connectivity index (χ0v) is 13.1. The summed E-state index contributed by atoms with van der Waals surface area (Å²) in [6.45, 7) is 8.02. The van der Waals surface area contributed by atoms with E-state index in [-0.39, 0.29) is 12.6 Å². The van der Waals surface area contributed by atoms with E-state index in [0.29, 0.717) is 5.75 Å². The Balaban J connectivity index is 2.89. The predicted octanol–water partition coefficient (Wildman–Crippen LogP) is 3.38. The van der Waals surface area contributed by atoms with Gasteiger partial charge in [0.25, 0.3) is 0 Å². The van der Waals surface area contributed by atoms with Crippen LogP contribution in [0.15, 0.2) is 18.2 Å². The molecule has 0 fully saturated rings. The van der Waals surface area contributed by atoms with Crippen molar-refractivity contribution in [1.82, 2.24) is 5.32 Å². The highest BCUT2D eigenvalue weighted by atomic mass is 19.1. The van der Waals surface area contributed by atoms with Crippen molar-refractivity contribution in [2.75, 3.05) is 13.2 Å². The van der Waals surface area contributed by atoms with Crippen molar-refractivity contribution in [3.63, 3.8) is 0 Å². The minimum atomic E-state index is -1.02. The molecule has 1 rings (SSSR count). The number of hydrogen-bond donors (Lipinski definition) is 2. The molecule has 1 aromatic carbocycles. The average molecular weight is 297 g/mol. The van der Waals surface area contributed by atoms with Crippen molar-refractivity contribution in [1.29, 1.82) is 0 Å². The van der Waals surface area contributed by atoms with Crippen LogP contribution in [-0.2, 0) is 4.79 Å². The van der Waals surface area contributed by atoms with Crippen LogP contribution in [0, 0.1) is 11.2 Å². The number of rotatable bonds is 8. The minimum absolute atomic E-state index is 0.00786. The third-order valence-electron chi connectivity index (χ3n) is 3.31. The first kappa shape index (κ1) is 17.4. The van der Waals surface area contributed by atoms with Gasteiger partial charge in [0.05, 0.1) is 5.41 Å². The van der Waals surface area contributed by atoms with Gasteiger partial charge in [0, 0.05) is 17.7 Å². The fraction of sp³-hybridized carbons (Fsp3) is 0.562. The maximum atomic E-state index is 13.4. The lowest BCUT2D eigenvalue weighted by molar-refractivity contribution is -0.148. The Morgan fingerprint density at radius 2 is 2.14 bits per heavy atom. The Kier molecular flexibility index (Phi) is 6.15. The number of hydrogen-bond acceptors (Lipinski definition) is 3. The van der Waals surface area contributed by atoms with Crippen LogP contribution in [0.5, 0.6) is 5.75 Å². The average Bonchev–Trinajstić information content (AvgIpc) is 2.42. The second-order valence-electron chi connectivity index (χ2n) is 5.84. The first-order chi connectivity index (χ1) is 9.77. The van der Waals surface area contributed by atoms with Crippen LogP contribution < -0.4 is 10.1 Å². The monoisotopic (exact) mass is 297 g/mol. The van der Waals surface area contributed by atoms with E-state index in [9.17, 15) is 9.18 Å². The van der Waals surface area contributed by atoms with E-state index in [4.69, 9.17) is 9.84 Å². The molecule has 5 heteroatoms. The maximum absolute atomic E-state index is 13.4. The molecule has 1 atom stereocenters. The van der Waals surface area contributed by atoms with E-state index in [1.807, 2.05) is 6.92 Å². The number of carboxylic acid groups (broad SMARTS) is 1. The van der Waals surface area contributed by atoms with E-state index in [1.165, 1.54) is 12.1 Å². The number of benzene rings is 1. The SMILES string of the molecule is CCCNC(C)c1ccc(F)cc1OCC(C)(C)C(=O)O. The van der Waals surface area contributed by atoms with Gasteiger partial charge < -0.3 is 15.2 Å². The number of carboxylic acids is 1. The summed E-state index contributed by atoms with van der Waals surface area (Å²) >= 11 is 0.